The molecule has 0 aliphatic carbocycles. The highest BCUT2D eigenvalue weighted by Crippen LogP contribution is 2.10. The number of hydrogen-bond donors (Lipinski definition) is 8. The standard InChI is InChI=1S/C11H14N2O4.C10H14N2O2.C7H9N.4C5H12.C2H6N2O/c12-7-10(14)13-9(11(15)17-16)6-8-4-2-1-3-5-8;11-6-7-12-10(13)14-8-9-4-2-1-3-5-9;8-6-7-4-2-1-3-5-7;4*1-5(2,3)4;3-1-2(4)5/h1-5,9,16H,6-7,12H2,(H,13,14);1-5H,6-8,11H2,(H,12,13);1-5H,6,8H2;4*1-4H3;1,3H2,(H2,4,5)/p+4/t9-;;;;;;;/m1......./s1. The molecule has 0 aliphatic heterocycles. The van der Waals surface area contributed by atoms with Gasteiger partial charge in [0, 0.05) is 12.0 Å². The normalized spacial score (nSPS) is 10.6. The van der Waals surface area contributed by atoms with Crippen LogP contribution in [-0.4, -0.2) is 61.4 Å². The number of benzene rings is 3. The first-order chi connectivity index (χ1) is 29.2. The van der Waals surface area contributed by atoms with Gasteiger partial charge in [-0.2, -0.15) is 5.26 Å². The van der Waals surface area contributed by atoms with Crippen LogP contribution < -0.4 is 39.3 Å². The Morgan fingerprint density at radius 3 is 1.17 bits per heavy atom. The summed E-state index contributed by atoms with van der Waals surface area (Å²) in [7, 11) is 0. The highest BCUT2D eigenvalue weighted by Gasteiger charge is 2.23. The SMILES string of the molecule is CC(C)(C)C.CC(C)(C)C.CC(C)(C)C.CC(C)(C)C.NC(=O)C[NH3+].[NH3+]CC(=O)N[C@H](Cc1ccccc1)C(=O)OO.[NH3+]CCNC(=O)OCc1ccccc1.[NH3+]Cc1ccccc1. The van der Waals surface area contributed by atoms with Crippen LogP contribution in [0.4, 0.5) is 4.79 Å². The van der Waals surface area contributed by atoms with Crippen LogP contribution in [0, 0.1) is 21.7 Å². The average Bonchev–Trinajstić information content (AvgIpc) is 3.18. The maximum absolute atomic E-state index is 11.3. The zero-order valence-electron chi connectivity index (χ0n) is 43.0. The van der Waals surface area contributed by atoms with E-state index >= 15 is 0 Å². The highest BCUT2D eigenvalue weighted by molar-refractivity contribution is 5.84. The van der Waals surface area contributed by atoms with E-state index in [-0.39, 0.29) is 31.3 Å². The van der Waals surface area contributed by atoms with Gasteiger partial charge in [-0.25, -0.2) is 9.59 Å². The van der Waals surface area contributed by atoms with E-state index in [0.29, 0.717) is 41.4 Å². The quantitative estimate of drug-likeness (QED) is 0.0906. The number of nitrogens with two attached hydrogens (primary N) is 1. The van der Waals surface area contributed by atoms with Gasteiger partial charge >= 0.3 is 12.1 Å². The molecule has 64 heavy (non-hydrogen) atoms. The molecule has 17 N–H and O–H groups in total. The summed E-state index contributed by atoms with van der Waals surface area (Å²) in [4.78, 5) is 46.6. The van der Waals surface area contributed by atoms with Crippen molar-refractivity contribution in [2.24, 2.45) is 27.4 Å². The van der Waals surface area contributed by atoms with Crippen molar-refractivity contribution in [3.05, 3.63) is 108 Å². The molecule has 14 nitrogen and oxygen atoms in total. The van der Waals surface area contributed by atoms with Gasteiger partial charge < -0.3 is 44.0 Å². The molecular formula is C50H95N7O7+4. The number of ether oxygens (including phenoxy) is 1. The molecule has 0 fully saturated rings. The summed E-state index contributed by atoms with van der Waals surface area (Å²) in [5.74, 6) is -1.63. The van der Waals surface area contributed by atoms with Gasteiger partial charge in [0.1, 0.15) is 12.6 Å². The largest absolute Gasteiger partial charge is 0.445 e. The second kappa shape index (κ2) is 39.7. The lowest BCUT2D eigenvalue weighted by atomic mass is 10.0. The minimum absolute atomic E-state index is 0.0179. The molecule has 14 heteroatoms. The fourth-order valence-corrected chi connectivity index (χ4v) is 2.98. The smallest absolute Gasteiger partial charge is 0.407 e. The predicted molar refractivity (Wildman–Crippen MR) is 261 cm³/mol. The molecule has 0 aromatic heterocycles. The fraction of sp³-hybridized carbons (Fsp3) is 0.560. The number of quaternary nitrogens is 4. The van der Waals surface area contributed by atoms with Crippen molar-refractivity contribution >= 4 is 23.9 Å². The molecule has 3 rings (SSSR count). The molecular weight excluding hydrogens is 811 g/mol. The Labute approximate surface area is 388 Å². The van der Waals surface area contributed by atoms with E-state index in [2.05, 4.69) is 167 Å². The molecule has 3 aromatic rings. The van der Waals surface area contributed by atoms with Crippen molar-refractivity contribution in [1.82, 2.24) is 10.6 Å². The van der Waals surface area contributed by atoms with Crippen molar-refractivity contribution in [2.45, 2.75) is 136 Å². The third-order valence-corrected chi connectivity index (χ3v) is 5.26. The molecule has 0 unspecified atom stereocenters. The Balaban J connectivity index is -0.000000221. The minimum Gasteiger partial charge on any atom is -0.445 e. The molecule has 3 aromatic carbocycles. The second-order valence-corrected chi connectivity index (χ2v) is 20.8. The monoisotopic (exact) mass is 906 g/mol. The molecule has 0 spiro atoms. The van der Waals surface area contributed by atoms with Gasteiger partial charge in [-0.15, -0.1) is 0 Å². The maximum atomic E-state index is 11.3. The Kier molecular flexibility index (Phi) is 42.3. The Morgan fingerprint density at radius 2 is 0.906 bits per heavy atom. The first kappa shape index (κ1) is 68.2. The molecule has 3 amide bonds. The number of rotatable bonds is 11. The molecule has 0 saturated carbocycles. The first-order valence-corrected chi connectivity index (χ1v) is 21.8. The summed E-state index contributed by atoms with van der Waals surface area (Å²) >= 11 is 0. The van der Waals surface area contributed by atoms with Crippen LogP contribution in [-0.2, 0) is 43.6 Å². The maximum Gasteiger partial charge on any atom is 0.407 e. The lowest BCUT2D eigenvalue weighted by Crippen LogP contribution is -2.59. The van der Waals surface area contributed by atoms with Crippen LogP contribution in [0.3, 0.4) is 0 Å². The van der Waals surface area contributed by atoms with Gasteiger partial charge in [0.05, 0.1) is 19.6 Å². The summed E-state index contributed by atoms with van der Waals surface area (Å²) in [5, 5.41) is 13.4. The van der Waals surface area contributed by atoms with Crippen LogP contribution in [0.2, 0.25) is 0 Å². The van der Waals surface area contributed by atoms with Crippen molar-refractivity contribution < 1.29 is 57.0 Å². The predicted octanol–water partition coefficient (Wildman–Crippen LogP) is 5.48. The fourth-order valence-electron chi connectivity index (χ4n) is 2.98. The van der Waals surface area contributed by atoms with E-state index in [1.165, 1.54) is 5.56 Å². The van der Waals surface area contributed by atoms with Crippen LogP contribution in [0.15, 0.2) is 91.0 Å². The van der Waals surface area contributed by atoms with Crippen molar-refractivity contribution in [1.29, 1.82) is 0 Å². The second-order valence-electron chi connectivity index (χ2n) is 20.8. The molecule has 368 valence electrons. The van der Waals surface area contributed by atoms with Gasteiger partial charge in [-0.3, -0.25) is 14.5 Å². The van der Waals surface area contributed by atoms with Crippen LogP contribution >= 0.6 is 0 Å². The number of carbonyl (C=O) groups excluding carboxylic acids is 4. The molecule has 0 saturated heterocycles. The van der Waals surface area contributed by atoms with Crippen LogP contribution in [0.25, 0.3) is 0 Å². The third-order valence-electron chi connectivity index (χ3n) is 5.26. The summed E-state index contributed by atoms with van der Waals surface area (Å²) in [6.45, 7) is 37.6. The highest BCUT2D eigenvalue weighted by atomic mass is 17.1. The number of nitrogens with one attached hydrogen (secondary N) is 2. The molecule has 0 aliphatic rings. The molecule has 0 radical (unpaired) electrons. The zero-order chi connectivity index (χ0) is 51.0. The van der Waals surface area contributed by atoms with Crippen LogP contribution in [0.1, 0.15) is 127 Å². The Hall–Kier alpha value is -4.86. The van der Waals surface area contributed by atoms with Gasteiger partial charge in [-0.05, 0) is 32.8 Å². The van der Waals surface area contributed by atoms with Gasteiger partial charge in [-0.1, -0.05) is 202 Å². The third kappa shape index (κ3) is 77.7. The van der Waals surface area contributed by atoms with Gasteiger partial charge in [0.15, 0.2) is 13.1 Å². The van der Waals surface area contributed by atoms with E-state index in [0.717, 1.165) is 17.7 Å². The number of amides is 3. The van der Waals surface area contributed by atoms with E-state index in [9.17, 15) is 19.2 Å². The average molecular weight is 906 g/mol. The van der Waals surface area contributed by atoms with E-state index < -0.39 is 18.1 Å². The molecule has 1 atom stereocenters. The summed E-state index contributed by atoms with van der Waals surface area (Å²) in [6, 6.07) is 28.0. The number of alkyl carbamates (subject to hydrolysis) is 1. The first-order valence-electron chi connectivity index (χ1n) is 21.8. The summed E-state index contributed by atoms with van der Waals surface area (Å²) < 4.78 is 4.95. The van der Waals surface area contributed by atoms with Crippen molar-refractivity contribution in [3.8, 4) is 0 Å². The lowest BCUT2D eigenvalue weighted by Gasteiger charge is -2.14. The Bertz CT molecular complexity index is 1480. The number of hydrogen-bond acceptors (Lipinski definition) is 7. The lowest BCUT2D eigenvalue weighted by molar-refractivity contribution is -0.386. The molecule has 0 bridgehead atoms. The summed E-state index contributed by atoms with van der Waals surface area (Å²) in [6.07, 6.45) is -0.135. The van der Waals surface area contributed by atoms with E-state index in [4.69, 9.17) is 9.99 Å². The van der Waals surface area contributed by atoms with Crippen LogP contribution in [0.5, 0.6) is 0 Å². The topological polar surface area (TPSA) is 268 Å². The van der Waals surface area contributed by atoms with E-state index in [1.54, 1.807) is 0 Å². The van der Waals surface area contributed by atoms with Crippen molar-refractivity contribution in [3.63, 3.8) is 0 Å². The summed E-state index contributed by atoms with van der Waals surface area (Å²) in [5.41, 5.74) is 23.7. The zero-order valence-corrected chi connectivity index (χ0v) is 43.0. The number of primary amides is 1. The van der Waals surface area contributed by atoms with E-state index in [1.807, 2.05) is 78.9 Å². The molecule has 0 heterocycles. The van der Waals surface area contributed by atoms with Gasteiger partial charge in [0.2, 0.25) is 0 Å². The number of carbonyl (C=O) groups is 4. The Morgan fingerprint density at radius 1 is 0.578 bits per heavy atom. The van der Waals surface area contributed by atoms with Gasteiger partial charge in [0.25, 0.3) is 11.8 Å². The van der Waals surface area contributed by atoms with Crippen molar-refractivity contribution in [2.75, 3.05) is 26.2 Å². The minimum atomic E-state index is -0.906.